The Kier molecular flexibility index (Phi) is 6.65. The fourth-order valence-corrected chi connectivity index (χ4v) is 6.55. The van der Waals surface area contributed by atoms with Crippen LogP contribution in [-0.2, 0) is 28.7 Å². The predicted octanol–water partition coefficient (Wildman–Crippen LogP) is 3.63. The maximum absolute atomic E-state index is 13.8. The second kappa shape index (κ2) is 10.3. The van der Waals surface area contributed by atoms with Crippen LogP contribution in [0.2, 0.25) is 0 Å². The van der Waals surface area contributed by atoms with Crippen LogP contribution in [0.3, 0.4) is 0 Å². The first-order chi connectivity index (χ1) is 19.8. The third kappa shape index (κ3) is 4.28. The number of likely N-dealkylation sites (tertiary alicyclic amines) is 1. The first-order valence-corrected chi connectivity index (χ1v) is 13.6. The Bertz CT molecular complexity index is 1470. The van der Waals surface area contributed by atoms with Gasteiger partial charge >= 0.3 is 11.9 Å². The molecule has 3 atom stereocenters. The van der Waals surface area contributed by atoms with Crippen molar-refractivity contribution in [3.05, 3.63) is 101 Å². The number of carbonyl (C=O) groups is 5. The molecular weight excluding hydrogens is 524 g/mol. The molecule has 3 aromatic carbocycles. The zero-order chi connectivity index (χ0) is 28.8. The predicted molar refractivity (Wildman–Crippen MR) is 147 cm³/mol. The van der Waals surface area contributed by atoms with Crippen molar-refractivity contribution in [1.82, 2.24) is 4.90 Å². The zero-order valence-corrected chi connectivity index (χ0v) is 22.5. The van der Waals surface area contributed by atoms with Crippen molar-refractivity contribution in [3.63, 3.8) is 0 Å². The molecule has 208 valence electrons. The maximum Gasteiger partial charge on any atom is 0.338 e. The van der Waals surface area contributed by atoms with Crippen molar-refractivity contribution in [2.75, 3.05) is 18.5 Å². The number of nitrogens with zero attached hydrogens (tertiary/aromatic N) is 1. The van der Waals surface area contributed by atoms with Crippen molar-refractivity contribution in [2.24, 2.45) is 11.8 Å². The van der Waals surface area contributed by atoms with Crippen LogP contribution >= 0.6 is 0 Å². The number of amides is 3. The number of hydrogen-bond acceptors (Lipinski definition) is 7. The van der Waals surface area contributed by atoms with Gasteiger partial charge in [0.1, 0.15) is 6.04 Å². The normalized spacial score (nSPS) is 22.3. The Morgan fingerprint density at radius 3 is 1.73 bits per heavy atom. The Labute approximate surface area is 236 Å². The molecule has 3 aromatic rings. The fraction of sp³-hybridized carbons (Fsp3) is 0.281. The van der Waals surface area contributed by atoms with Gasteiger partial charge in [-0.1, -0.05) is 48.5 Å². The van der Waals surface area contributed by atoms with Gasteiger partial charge in [0.15, 0.2) is 6.61 Å². The molecule has 0 spiro atoms. The van der Waals surface area contributed by atoms with Crippen molar-refractivity contribution < 1.29 is 33.4 Å². The number of carbonyl (C=O) groups excluding carboxylic acids is 5. The fourth-order valence-electron chi connectivity index (χ4n) is 6.55. The maximum atomic E-state index is 13.8. The summed E-state index contributed by atoms with van der Waals surface area (Å²) in [5, 5.41) is 2.59. The van der Waals surface area contributed by atoms with E-state index in [1.54, 1.807) is 6.92 Å². The van der Waals surface area contributed by atoms with E-state index in [2.05, 4.69) is 5.32 Å². The van der Waals surface area contributed by atoms with E-state index in [1.807, 2.05) is 48.5 Å². The largest absolute Gasteiger partial charge is 0.462 e. The van der Waals surface area contributed by atoms with Crippen LogP contribution in [0.15, 0.2) is 72.8 Å². The Balaban J connectivity index is 1.14. The van der Waals surface area contributed by atoms with Crippen LogP contribution in [0.1, 0.15) is 58.3 Å². The summed E-state index contributed by atoms with van der Waals surface area (Å²) < 4.78 is 10.2. The second-order valence-corrected chi connectivity index (χ2v) is 10.4. The number of hydrogen-bond donors (Lipinski definition) is 1. The molecule has 1 fully saturated rings. The highest BCUT2D eigenvalue weighted by atomic mass is 16.5. The zero-order valence-electron chi connectivity index (χ0n) is 22.5. The van der Waals surface area contributed by atoms with Crippen molar-refractivity contribution in [2.45, 2.75) is 31.7 Å². The number of anilines is 1. The van der Waals surface area contributed by atoms with E-state index < -0.39 is 54.1 Å². The van der Waals surface area contributed by atoms with Gasteiger partial charge in [0.25, 0.3) is 5.91 Å². The van der Waals surface area contributed by atoms with Gasteiger partial charge < -0.3 is 14.8 Å². The quantitative estimate of drug-likeness (QED) is 0.351. The lowest BCUT2D eigenvalue weighted by molar-refractivity contribution is -0.159. The van der Waals surface area contributed by atoms with E-state index in [9.17, 15) is 24.0 Å². The van der Waals surface area contributed by atoms with Crippen LogP contribution in [0, 0.1) is 11.8 Å². The molecule has 2 bridgehead atoms. The van der Waals surface area contributed by atoms with Gasteiger partial charge in [-0.05, 0) is 60.4 Å². The van der Waals surface area contributed by atoms with E-state index in [-0.39, 0.29) is 18.4 Å². The summed E-state index contributed by atoms with van der Waals surface area (Å²) in [4.78, 5) is 65.8. The number of ether oxygens (including phenoxy) is 2. The molecule has 0 unspecified atom stereocenters. The summed E-state index contributed by atoms with van der Waals surface area (Å²) in [6.45, 7) is 2.80. The van der Waals surface area contributed by atoms with E-state index in [0.29, 0.717) is 11.3 Å². The monoisotopic (exact) mass is 552 g/mol. The van der Waals surface area contributed by atoms with E-state index in [0.717, 1.165) is 27.2 Å². The number of esters is 2. The smallest absolute Gasteiger partial charge is 0.338 e. The minimum atomic E-state index is -1.19. The molecule has 9 heteroatoms. The summed E-state index contributed by atoms with van der Waals surface area (Å²) in [6.07, 6.45) is 0. The standard InChI is InChI=1S/C32H28N2O7/c1-3-40-32(39)18-12-14-19(15-13-18)33-24(35)16-41-31(38)17(2)34-29(36)27-25-20-8-4-5-9-21(20)26(28(27)30(34)37)23-11-7-6-10-22(23)25/h4-15,17,25-28H,3,16H2,1-2H3,(H,33,35)/t17-,25?,26?,27-,28+/m0/s1. The van der Waals surface area contributed by atoms with Crippen molar-refractivity contribution in [3.8, 4) is 0 Å². The topological polar surface area (TPSA) is 119 Å². The highest BCUT2D eigenvalue weighted by Gasteiger charge is 2.62. The van der Waals surface area contributed by atoms with Gasteiger partial charge in [-0.2, -0.15) is 0 Å². The molecule has 0 radical (unpaired) electrons. The van der Waals surface area contributed by atoms with Gasteiger partial charge in [-0.15, -0.1) is 0 Å². The molecule has 9 nitrogen and oxygen atoms in total. The van der Waals surface area contributed by atoms with E-state index in [4.69, 9.17) is 9.47 Å². The van der Waals surface area contributed by atoms with Crippen LogP contribution in [0.5, 0.6) is 0 Å². The lowest BCUT2D eigenvalue weighted by Crippen LogP contribution is -2.45. The Morgan fingerprint density at radius 1 is 0.780 bits per heavy atom. The molecule has 0 saturated carbocycles. The lowest BCUT2D eigenvalue weighted by Gasteiger charge is -2.45. The minimum absolute atomic E-state index is 0.250. The molecule has 0 aromatic heterocycles. The van der Waals surface area contributed by atoms with Crippen molar-refractivity contribution in [1.29, 1.82) is 0 Å². The van der Waals surface area contributed by atoms with Gasteiger partial charge in [0.2, 0.25) is 11.8 Å². The second-order valence-electron chi connectivity index (χ2n) is 10.4. The summed E-state index contributed by atoms with van der Waals surface area (Å²) in [5.74, 6) is -4.47. The summed E-state index contributed by atoms with van der Waals surface area (Å²) >= 11 is 0. The molecule has 3 aliphatic carbocycles. The number of nitrogens with one attached hydrogen (secondary N) is 1. The number of imide groups is 1. The van der Waals surface area contributed by atoms with Crippen LogP contribution in [-0.4, -0.2) is 53.8 Å². The first-order valence-electron chi connectivity index (χ1n) is 13.6. The molecular formula is C32H28N2O7. The molecule has 41 heavy (non-hydrogen) atoms. The number of benzene rings is 3. The van der Waals surface area contributed by atoms with Crippen LogP contribution < -0.4 is 5.32 Å². The SMILES string of the molecule is CCOC(=O)c1ccc(NC(=O)COC(=O)[C@H](C)N2C(=O)[C@@H]3C4c5ccccc5C(c5ccccc54)[C@@H]3C2=O)cc1. The van der Waals surface area contributed by atoms with Crippen LogP contribution in [0.4, 0.5) is 5.69 Å². The third-order valence-electron chi connectivity index (χ3n) is 8.24. The minimum Gasteiger partial charge on any atom is -0.462 e. The van der Waals surface area contributed by atoms with Crippen molar-refractivity contribution >= 4 is 35.3 Å². The molecule has 7 rings (SSSR count). The highest BCUT2D eigenvalue weighted by molar-refractivity contribution is 6.10. The van der Waals surface area contributed by atoms with Gasteiger partial charge in [0, 0.05) is 17.5 Å². The Hall–Kier alpha value is -4.79. The average Bonchev–Trinajstić information content (AvgIpc) is 3.26. The number of rotatable bonds is 7. The Morgan fingerprint density at radius 2 is 1.27 bits per heavy atom. The van der Waals surface area contributed by atoms with Gasteiger partial charge in [-0.25, -0.2) is 9.59 Å². The lowest BCUT2D eigenvalue weighted by atomic mass is 9.55. The molecule has 3 amide bonds. The van der Waals surface area contributed by atoms with Gasteiger partial charge in [0.05, 0.1) is 24.0 Å². The molecule has 1 heterocycles. The van der Waals surface area contributed by atoms with E-state index in [1.165, 1.54) is 31.2 Å². The molecule has 1 saturated heterocycles. The van der Waals surface area contributed by atoms with Crippen LogP contribution in [0.25, 0.3) is 0 Å². The molecule has 1 aliphatic heterocycles. The average molecular weight is 553 g/mol. The van der Waals surface area contributed by atoms with Gasteiger partial charge in [-0.3, -0.25) is 19.3 Å². The van der Waals surface area contributed by atoms with E-state index >= 15 is 0 Å². The molecule has 1 N–H and O–H groups in total. The summed E-state index contributed by atoms with van der Waals surface area (Å²) in [6, 6.07) is 20.7. The summed E-state index contributed by atoms with van der Waals surface area (Å²) in [7, 11) is 0. The highest BCUT2D eigenvalue weighted by Crippen LogP contribution is 2.61. The summed E-state index contributed by atoms with van der Waals surface area (Å²) in [5.41, 5.74) is 4.91. The third-order valence-corrected chi connectivity index (χ3v) is 8.24. The first kappa shape index (κ1) is 26.4. The molecule has 4 aliphatic rings.